The SMILES string of the molecule is CCCCCCCCCCCCCCc1ccc2c(c1)[se]c1c3ccc(CCCCCCCCCCCCCC)cc3[se]c21. The minimum atomic E-state index is 0.501. The average molecular weight is 727 g/mol. The summed E-state index contributed by atoms with van der Waals surface area (Å²) in [5.41, 5.74) is 3.17. The number of aryl methyl sites for hydroxylation is 2. The number of unbranched alkanes of at least 4 members (excludes halogenated alkanes) is 22. The van der Waals surface area contributed by atoms with E-state index in [1.807, 2.05) is 0 Å². The summed E-state index contributed by atoms with van der Waals surface area (Å²) in [6.07, 6.45) is 36.9. The molecule has 0 spiro atoms. The van der Waals surface area contributed by atoms with Gasteiger partial charge in [0, 0.05) is 0 Å². The molecule has 0 unspecified atom stereocenters. The van der Waals surface area contributed by atoms with Crippen molar-refractivity contribution >= 4 is 56.8 Å². The first-order valence-corrected chi connectivity index (χ1v) is 22.6. The van der Waals surface area contributed by atoms with E-state index in [2.05, 4.69) is 50.2 Å². The third-order valence-electron chi connectivity index (χ3n) is 9.85. The summed E-state index contributed by atoms with van der Waals surface area (Å²) in [6, 6.07) is 15.1. The molecule has 0 atom stereocenters. The topological polar surface area (TPSA) is 0 Å². The molecule has 4 aromatic rings. The summed E-state index contributed by atoms with van der Waals surface area (Å²) < 4.78 is 6.79. The van der Waals surface area contributed by atoms with E-state index in [0.717, 1.165) is 0 Å². The molecule has 0 radical (unpaired) electrons. The van der Waals surface area contributed by atoms with Gasteiger partial charge in [-0.25, -0.2) is 0 Å². The number of hydrogen-bond acceptors (Lipinski definition) is 0. The van der Waals surface area contributed by atoms with Gasteiger partial charge in [0.05, 0.1) is 0 Å². The van der Waals surface area contributed by atoms with E-state index in [-0.39, 0.29) is 0 Å². The molecule has 2 heterocycles. The second-order valence-corrected chi connectivity index (χ2v) is 18.2. The molecule has 2 aromatic heterocycles. The second kappa shape index (κ2) is 21.9. The zero-order valence-electron chi connectivity index (χ0n) is 28.7. The molecule has 0 nitrogen and oxygen atoms in total. The van der Waals surface area contributed by atoms with Crippen LogP contribution in [0.1, 0.15) is 179 Å². The van der Waals surface area contributed by atoms with Gasteiger partial charge in [0.2, 0.25) is 0 Å². The van der Waals surface area contributed by atoms with Crippen LogP contribution < -0.4 is 0 Å². The Morgan fingerprint density at radius 2 is 0.659 bits per heavy atom. The third-order valence-corrected chi connectivity index (χ3v) is 15.5. The molecule has 0 amide bonds. The van der Waals surface area contributed by atoms with Crippen LogP contribution in [0.5, 0.6) is 0 Å². The van der Waals surface area contributed by atoms with E-state index in [1.165, 1.54) is 167 Å². The fourth-order valence-corrected chi connectivity index (χ4v) is 13.6. The van der Waals surface area contributed by atoms with Gasteiger partial charge in [-0.3, -0.25) is 0 Å². The molecule has 0 aliphatic heterocycles. The Morgan fingerprint density at radius 3 is 0.977 bits per heavy atom. The fourth-order valence-electron chi connectivity index (χ4n) is 7.00. The van der Waals surface area contributed by atoms with Gasteiger partial charge in [-0.1, -0.05) is 65.2 Å². The van der Waals surface area contributed by atoms with Gasteiger partial charge in [0.15, 0.2) is 0 Å². The van der Waals surface area contributed by atoms with Gasteiger partial charge >= 0.3 is 220 Å². The van der Waals surface area contributed by atoms with Crippen LogP contribution >= 0.6 is 0 Å². The van der Waals surface area contributed by atoms with Crippen LogP contribution in [0.4, 0.5) is 0 Å². The molecule has 2 aromatic carbocycles. The van der Waals surface area contributed by atoms with Gasteiger partial charge in [-0.15, -0.1) is 0 Å². The molecule has 244 valence electrons. The molecule has 4 rings (SSSR count). The van der Waals surface area contributed by atoms with Gasteiger partial charge < -0.3 is 0 Å². The monoisotopic (exact) mass is 728 g/mol. The zero-order chi connectivity index (χ0) is 30.7. The maximum absolute atomic E-state index is 2.59. The summed E-state index contributed by atoms with van der Waals surface area (Å²) in [5.74, 6) is 0. The molecule has 0 saturated heterocycles. The predicted octanol–water partition coefficient (Wildman–Crippen LogP) is 13.7. The average Bonchev–Trinajstić information content (AvgIpc) is 3.57. The molecule has 0 aliphatic rings. The summed E-state index contributed by atoms with van der Waals surface area (Å²) >= 11 is 1.00. The van der Waals surface area contributed by atoms with Crippen LogP contribution in [0.25, 0.3) is 27.8 Å². The Balaban J connectivity index is 1.12. The second-order valence-electron chi connectivity index (χ2n) is 13.8. The maximum atomic E-state index is 2.59. The minimum absolute atomic E-state index is 0.501. The number of fused-ring (bicyclic) bond motifs is 5. The van der Waals surface area contributed by atoms with Crippen molar-refractivity contribution < 1.29 is 0 Å². The van der Waals surface area contributed by atoms with Crippen molar-refractivity contribution in [1.29, 1.82) is 0 Å². The third kappa shape index (κ3) is 12.4. The van der Waals surface area contributed by atoms with Crippen molar-refractivity contribution in [3.63, 3.8) is 0 Å². The Bertz CT molecular complexity index is 1210. The summed E-state index contributed by atoms with van der Waals surface area (Å²) in [7, 11) is 0. The molecule has 2 heteroatoms. The zero-order valence-corrected chi connectivity index (χ0v) is 32.1. The predicted molar refractivity (Wildman–Crippen MR) is 202 cm³/mol. The molecule has 44 heavy (non-hydrogen) atoms. The van der Waals surface area contributed by atoms with Crippen LogP contribution in [0.15, 0.2) is 36.4 Å². The molecule has 0 fully saturated rings. The summed E-state index contributed by atoms with van der Waals surface area (Å²) in [4.78, 5) is 0. The van der Waals surface area contributed by atoms with Crippen LogP contribution in [0.2, 0.25) is 0 Å². The Kier molecular flexibility index (Phi) is 18.0. The van der Waals surface area contributed by atoms with E-state index in [9.17, 15) is 0 Å². The molecule has 0 aliphatic carbocycles. The van der Waals surface area contributed by atoms with Crippen molar-refractivity contribution in [2.75, 3.05) is 0 Å². The van der Waals surface area contributed by atoms with Gasteiger partial charge in [0.25, 0.3) is 0 Å². The fraction of sp³-hybridized carbons (Fsp3) is 0.667. The van der Waals surface area contributed by atoms with Crippen molar-refractivity contribution in [2.24, 2.45) is 0 Å². The quantitative estimate of drug-likeness (QED) is 0.0446. The van der Waals surface area contributed by atoms with Crippen LogP contribution in [0.3, 0.4) is 0 Å². The Labute approximate surface area is 283 Å². The van der Waals surface area contributed by atoms with Crippen LogP contribution in [-0.2, 0) is 12.8 Å². The van der Waals surface area contributed by atoms with Gasteiger partial charge in [-0.05, 0) is 0 Å². The Morgan fingerprint density at radius 1 is 0.364 bits per heavy atom. The first-order valence-electron chi connectivity index (χ1n) is 19.2. The van der Waals surface area contributed by atoms with Crippen LogP contribution in [0, 0.1) is 0 Å². The van der Waals surface area contributed by atoms with E-state index in [1.54, 1.807) is 38.9 Å². The summed E-state index contributed by atoms with van der Waals surface area (Å²) in [6.45, 7) is 4.61. The van der Waals surface area contributed by atoms with E-state index in [4.69, 9.17) is 0 Å². The van der Waals surface area contributed by atoms with E-state index < -0.39 is 0 Å². The van der Waals surface area contributed by atoms with E-state index in [0.29, 0.717) is 29.0 Å². The molecular weight excluding hydrogens is 662 g/mol. The number of hydrogen-bond donors (Lipinski definition) is 0. The molecule has 0 N–H and O–H groups in total. The summed E-state index contributed by atoms with van der Waals surface area (Å²) in [5, 5.41) is 3.22. The van der Waals surface area contributed by atoms with Gasteiger partial charge in [0.1, 0.15) is 0 Å². The van der Waals surface area contributed by atoms with Crippen molar-refractivity contribution in [1.82, 2.24) is 0 Å². The van der Waals surface area contributed by atoms with Crippen molar-refractivity contribution in [2.45, 2.75) is 181 Å². The molecule has 0 bridgehead atoms. The standard InChI is InChI=1S/C42H64Se2/c1-3-5-7-9-11-13-15-17-19-21-23-25-27-35-29-31-37-39(33-35)43-42-38-32-30-36(34-40(38)44-41(37)42)28-26-24-22-20-18-16-14-12-10-8-6-4-2/h29-34H,3-28H2,1-2H3. The number of benzene rings is 2. The molecular formula is C42H64Se2. The van der Waals surface area contributed by atoms with Crippen molar-refractivity contribution in [3.05, 3.63) is 47.5 Å². The van der Waals surface area contributed by atoms with E-state index >= 15 is 0 Å². The Hall–Kier alpha value is -0.781. The van der Waals surface area contributed by atoms with Gasteiger partial charge in [-0.2, -0.15) is 0 Å². The normalized spacial score (nSPS) is 12.0. The molecule has 0 saturated carbocycles. The van der Waals surface area contributed by atoms with Crippen molar-refractivity contribution in [3.8, 4) is 0 Å². The number of rotatable bonds is 26. The van der Waals surface area contributed by atoms with Crippen LogP contribution in [-0.4, -0.2) is 29.0 Å². The first-order chi connectivity index (χ1) is 21.8. The first kappa shape index (κ1) is 36.1.